The fraction of sp³-hybridized carbons (Fsp3) is 0.448. The first-order valence-corrected chi connectivity index (χ1v) is 13.7. The molecule has 0 aliphatic carbocycles. The highest BCUT2D eigenvalue weighted by atomic mass is 19.1. The highest BCUT2D eigenvalue weighted by Crippen LogP contribution is 2.32. The number of carbonyl (C=O) groups excluding carboxylic acids is 1. The molecule has 10 heteroatoms. The second-order valence-electron chi connectivity index (χ2n) is 10.4. The standard InChI is InChI=1S/C29H33F2N5O3.2H2/c1-38-26-16-25-27(15-21(26)28(37)33-10-3-11-35-12-7-19(30)8-13-35)39-29-34-24(17-36(25)29)20-6-5-18(14-22(20)31)23-4-2-9-32-23;;/h5-6,14-17,19,23,32H,2-4,7-13H2,1H3,(H,33,37);2*1H. The number of nitrogens with zero attached hydrogens (tertiary/aromatic N) is 3. The van der Waals surface area contributed by atoms with Crippen molar-refractivity contribution in [2.75, 3.05) is 39.8 Å². The summed E-state index contributed by atoms with van der Waals surface area (Å²) in [7, 11) is 1.51. The average Bonchev–Trinajstić information content (AvgIpc) is 3.68. The van der Waals surface area contributed by atoms with Crippen LogP contribution < -0.4 is 15.4 Å². The van der Waals surface area contributed by atoms with Gasteiger partial charge in [0.1, 0.15) is 17.7 Å². The Morgan fingerprint density at radius 2 is 2.10 bits per heavy atom. The zero-order valence-electron chi connectivity index (χ0n) is 22.0. The second kappa shape index (κ2) is 10.9. The molecular formula is C29H37F2N5O3. The number of halogens is 2. The van der Waals surface area contributed by atoms with Crippen LogP contribution in [0.3, 0.4) is 0 Å². The van der Waals surface area contributed by atoms with Crippen LogP contribution in [0.5, 0.6) is 5.75 Å². The number of benzene rings is 2. The van der Waals surface area contributed by atoms with Crippen LogP contribution in [0.4, 0.5) is 8.78 Å². The molecule has 0 radical (unpaired) electrons. The minimum atomic E-state index is -0.689. The van der Waals surface area contributed by atoms with Gasteiger partial charge in [-0.2, -0.15) is 4.98 Å². The normalized spacial score (nSPS) is 18.8. The van der Waals surface area contributed by atoms with E-state index in [4.69, 9.17) is 9.15 Å². The van der Waals surface area contributed by atoms with Gasteiger partial charge >= 0.3 is 5.84 Å². The van der Waals surface area contributed by atoms with Gasteiger partial charge in [-0.05, 0) is 69.0 Å². The van der Waals surface area contributed by atoms with Crippen molar-refractivity contribution in [1.29, 1.82) is 0 Å². The third-order valence-corrected chi connectivity index (χ3v) is 7.85. The van der Waals surface area contributed by atoms with E-state index in [0.29, 0.717) is 58.9 Å². The Morgan fingerprint density at radius 1 is 1.26 bits per heavy atom. The Balaban J connectivity index is 0.00000194. The molecule has 2 N–H and O–H groups in total. The number of aromatic nitrogens is 2. The summed E-state index contributed by atoms with van der Waals surface area (Å²) in [5.74, 6) is 0.125. The van der Waals surface area contributed by atoms with E-state index in [9.17, 15) is 9.18 Å². The number of methoxy groups -OCH3 is 1. The predicted molar refractivity (Wildman–Crippen MR) is 149 cm³/mol. The van der Waals surface area contributed by atoms with Crippen molar-refractivity contribution in [3.05, 3.63) is 53.5 Å². The Labute approximate surface area is 228 Å². The third kappa shape index (κ3) is 5.23. The summed E-state index contributed by atoms with van der Waals surface area (Å²) in [6, 6.07) is 8.86. The number of ether oxygens (including phenoxy) is 1. The lowest BCUT2D eigenvalue weighted by atomic mass is 10.0. The van der Waals surface area contributed by atoms with Gasteiger partial charge in [0.15, 0.2) is 5.58 Å². The molecule has 0 spiro atoms. The maximum absolute atomic E-state index is 15.1. The first-order chi connectivity index (χ1) is 19.0. The molecule has 1 unspecified atom stereocenters. The van der Waals surface area contributed by atoms with Crippen LogP contribution >= 0.6 is 0 Å². The lowest BCUT2D eigenvalue weighted by Gasteiger charge is -2.28. The largest absolute Gasteiger partial charge is 0.496 e. The molecule has 2 aromatic heterocycles. The molecule has 1 amide bonds. The Morgan fingerprint density at radius 3 is 2.85 bits per heavy atom. The van der Waals surface area contributed by atoms with Crippen LogP contribution in [0.1, 0.15) is 56.9 Å². The predicted octanol–water partition coefficient (Wildman–Crippen LogP) is 5.37. The monoisotopic (exact) mass is 541 g/mol. The van der Waals surface area contributed by atoms with Crippen LogP contribution in [0.15, 0.2) is 40.9 Å². The van der Waals surface area contributed by atoms with E-state index in [2.05, 4.69) is 20.5 Å². The van der Waals surface area contributed by atoms with E-state index in [1.165, 1.54) is 7.11 Å². The van der Waals surface area contributed by atoms with Crippen molar-refractivity contribution in [3.63, 3.8) is 0 Å². The molecule has 39 heavy (non-hydrogen) atoms. The first kappa shape index (κ1) is 25.8. The van der Waals surface area contributed by atoms with Crippen molar-refractivity contribution < 1.29 is 25.6 Å². The zero-order chi connectivity index (χ0) is 26.9. The maximum atomic E-state index is 15.1. The number of likely N-dealkylation sites (tertiary alicyclic amines) is 1. The summed E-state index contributed by atoms with van der Waals surface area (Å²) in [5.41, 5.74) is 3.32. The summed E-state index contributed by atoms with van der Waals surface area (Å²) in [5, 5.41) is 6.34. The van der Waals surface area contributed by atoms with Gasteiger partial charge in [0.2, 0.25) is 0 Å². The molecule has 2 saturated heterocycles. The highest BCUT2D eigenvalue weighted by molar-refractivity contribution is 6.00. The van der Waals surface area contributed by atoms with E-state index in [-0.39, 0.29) is 20.6 Å². The van der Waals surface area contributed by atoms with Gasteiger partial charge in [-0.3, -0.25) is 9.20 Å². The number of rotatable bonds is 8. The Kier molecular flexibility index (Phi) is 7.22. The number of hydrogen-bond donors (Lipinski definition) is 2. The summed E-state index contributed by atoms with van der Waals surface area (Å²) >= 11 is 0. The van der Waals surface area contributed by atoms with Crippen LogP contribution in [0.25, 0.3) is 28.2 Å². The lowest BCUT2D eigenvalue weighted by Crippen LogP contribution is -2.36. The lowest BCUT2D eigenvalue weighted by molar-refractivity contribution is 0.0947. The number of carbonyl (C=O) groups is 1. The molecule has 1 atom stereocenters. The van der Waals surface area contributed by atoms with Crippen molar-refractivity contribution in [3.8, 4) is 17.0 Å². The van der Waals surface area contributed by atoms with Crippen LogP contribution in [0.2, 0.25) is 0 Å². The molecule has 2 fully saturated rings. The molecule has 4 heterocycles. The molecule has 2 aromatic carbocycles. The van der Waals surface area contributed by atoms with E-state index >= 15 is 4.39 Å². The van der Waals surface area contributed by atoms with Gasteiger partial charge in [-0.1, -0.05) is 6.07 Å². The summed E-state index contributed by atoms with van der Waals surface area (Å²) in [6.07, 6.45) is 5.08. The first-order valence-electron chi connectivity index (χ1n) is 13.7. The van der Waals surface area contributed by atoms with E-state index < -0.39 is 6.17 Å². The quantitative estimate of drug-likeness (QED) is 0.292. The number of hydrogen-bond acceptors (Lipinski definition) is 6. The van der Waals surface area contributed by atoms with Crippen molar-refractivity contribution in [2.45, 2.75) is 44.3 Å². The smallest absolute Gasteiger partial charge is 0.307 e. The number of nitrogens with one attached hydrogen (secondary N) is 2. The number of imidazole rings is 1. The fourth-order valence-electron chi connectivity index (χ4n) is 5.65. The number of fused-ring (bicyclic) bond motifs is 3. The number of alkyl halides is 1. The van der Waals surface area contributed by atoms with Crippen LogP contribution in [-0.2, 0) is 0 Å². The van der Waals surface area contributed by atoms with E-state index in [0.717, 1.165) is 51.0 Å². The van der Waals surface area contributed by atoms with Gasteiger partial charge in [-0.15, -0.1) is 0 Å². The minimum Gasteiger partial charge on any atom is -0.496 e. The molecule has 2 aliphatic heterocycles. The topological polar surface area (TPSA) is 84.0 Å². The summed E-state index contributed by atoms with van der Waals surface area (Å²) < 4.78 is 41.6. The van der Waals surface area contributed by atoms with Crippen molar-refractivity contribution in [2.24, 2.45) is 0 Å². The molecule has 0 saturated carbocycles. The highest BCUT2D eigenvalue weighted by Gasteiger charge is 2.22. The molecular weight excluding hydrogens is 504 g/mol. The van der Waals surface area contributed by atoms with Gasteiger partial charge in [0.05, 0.1) is 23.9 Å². The van der Waals surface area contributed by atoms with Gasteiger partial charge < -0.3 is 24.7 Å². The summed E-state index contributed by atoms with van der Waals surface area (Å²) in [6.45, 7) is 3.80. The SMILES string of the molecule is COc1cc2c(cc1C(=O)NCCCN1CCC(F)CC1)oc1nc(-c3ccc(C4CCCN4)cc3F)cn12.[HH].[HH]. The Hall–Kier alpha value is -3.50. The molecule has 6 rings (SSSR count). The molecule has 4 aromatic rings. The molecule has 0 bridgehead atoms. The third-order valence-electron chi connectivity index (χ3n) is 7.85. The van der Waals surface area contributed by atoms with E-state index in [1.807, 2.05) is 6.07 Å². The molecule has 2 aliphatic rings. The minimum absolute atomic E-state index is 0. The molecule has 8 nitrogen and oxygen atoms in total. The van der Waals surface area contributed by atoms with E-state index in [1.54, 1.807) is 34.9 Å². The number of piperidine rings is 1. The van der Waals surface area contributed by atoms with Gasteiger partial charge in [0, 0.05) is 46.4 Å². The fourth-order valence-corrected chi connectivity index (χ4v) is 5.65. The van der Waals surface area contributed by atoms with Crippen LogP contribution in [0, 0.1) is 5.82 Å². The van der Waals surface area contributed by atoms with Crippen molar-refractivity contribution in [1.82, 2.24) is 24.9 Å². The second-order valence-corrected chi connectivity index (χ2v) is 10.4. The Bertz CT molecular complexity index is 1500. The number of oxazole rings is 1. The summed E-state index contributed by atoms with van der Waals surface area (Å²) in [4.78, 5) is 19.7. The van der Waals surface area contributed by atoms with Gasteiger partial charge in [-0.25, -0.2) is 8.78 Å². The van der Waals surface area contributed by atoms with Gasteiger partial charge in [0.25, 0.3) is 5.91 Å². The zero-order valence-corrected chi connectivity index (χ0v) is 22.0. The van der Waals surface area contributed by atoms with Crippen molar-refractivity contribution >= 4 is 22.9 Å². The average molecular weight is 542 g/mol. The maximum Gasteiger partial charge on any atom is 0.307 e. The number of amides is 1. The van der Waals surface area contributed by atoms with Crippen LogP contribution in [-0.4, -0.2) is 66.2 Å². The molecule has 210 valence electrons.